The van der Waals surface area contributed by atoms with E-state index in [-0.39, 0.29) is 0 Å². The fourth-order valence-electron chi connectivity index (χ4n) is 0.939. The quantitative estimate of drug-likeness (QED) is 0.715. The largest absolute Gasteiger partial charge is 0.386 e. The first-order valence-corrected chi connectivity index (χ1v) is 4.04. The summed E-state index contributed by atoms with van der Waals surface area (Å²) in [5.74, 6) is 0. The van der Waals surface area contributed by atoms with Gasteiger partial charge in [0, 0.05) is 7.05 Å². The molecule has 1 aromatic rings. The zero-order chi connectivity index (χ0) is 8.43. The lowest BCUT2D eigenvalue weighted by atomic mass is 10.2. The number of rotatable bonds is 1. The Labute approximate surface area is 76.3 Å². The van der Waals surface area contributed by atoms with Crippen LogP contribution in [0.5, 0.6) is 0 Å². The molecule has 0 saturated heterocycles. The number of hydrogen-bond acceptors (Lipinski definition) is 1. The topological polar surface area (TPSA) is 12.0 Å². The minimum absolute atomic E-state index is 0.664. The van der Waals surface area contributed by atoms with Crippen LogP contribution in [-0.4, -0.2) is 7.05 Å². The molecule has 0 aliphatic heterocycles. The Morgan fingerprint density at radius 2 is 1.64 bits per heavy atom. The molecule has 1 rings (SSSR count). The summed E-state index contributed by atoms with van der Waals surface area (Å²) in [6.45, 7) is 1.96. The number of aryl methyl sites for hydroxylation is 1. The molecule has 1 N–H and O–H groups in total. The Hall–Kier alpha value is -0.400. The van der Waals surface area contributed by atoms with E-state index in [2.05, 4.69) is 5.32 Å². The van der Waals surface area contributed by atoms with Crippen LogP contribution >= 0.6 is 23.2 Å². The van der Waals surface area contributed by atoms with Crippen molar-refractivity contribution in [2.45, 2.75) is 6.92 Å². The number of halogens is 2. The van der Waals surface area contributed by atoms with Gasteiger partial charge in [-0.3, -0.25) is 0 Å². The van der Waals surface area contributed by atoms with Gasteiger partial charge in [-0.25, -0.2) is 0 Å². The third kappa shape index (κ3) is 1.79. The molecule has 0 amide bonds. The van der Waals surface area contributed by atoms with Crippen molar-refractivity contribution in [2.24, 2.45) is 0 Å². The van der Waals surface area contributed by atoms with Crippen molar-refractivity contribution in [3.8, 4) is 0 Å². The summed E-state index contributed by atoms with van der Waals surface area (Å²) in [7, 11) is 1.79. The Kier molecular flexibility index (Phi) is 2.63. The number of hydrogen-bond donors (Lipinski definition) is 1. The molecule has 0 aromatic heterocycles. The molecule has 0 fully saturated rings. The Morgan fingerprint density at radius 1 is 1.18 bits per heavy atom. The highest BCUT2D eigenvalue weighted by Crippen LogP contribution is 2.30. The second-order valence-electron chi connectivity index (χ2n) is 2.35. The summed E-state index contributed by atoms with van der Waals surface area (Å²) < 4.78 is 0. The third-order valence-corrected chi connectivity index (χ3v) is 2.03. The standard InChI is InChI=1S/C8H9Cl2N/c1-5-3-6(9)8(11-2)7(10)4-5/h3-4,11H,1-2H3. The van der Waals surface area contributed by atoms with E-state index in [0.717, 1.165) is 11.3 Å². The summed E-state index contributed by atoms with van der Waals surface area (Å²) in [6.07, 6.45) is 0. The molecule has 0 radical (unpaired) electrons. The lowest BCUT2D eigenvalue weighted by Crippen LogP contribution is -1.90. The minimum Gasteiger partial charge on any atom is -0.386 e. The monoisotopic (exact) mass is 189 g/mol. The van der Waals surface area contributed by atoms with Crippen molar-refractivity contribution in [3.63, 3.8) is 0 Å². The fourth-order valence-corrected chi connectivity index (χ4v) is 1.72. The Bertz CT molecular complexity index is 248. The van der Waals surface area contributed by atoms with Crippen molar-refractivity contribution in [1.82, 2.24) is 0 Å². The van der Waals surface area contributed by atoms with E-state index in [9.17, 15) is 0 Å². The lowest BCUT2D eigenvalue weighted by molar-refractivity contribution is 1.44. The molecule has 0 unspecified atom stereocenters. The average molecular weight is 190 g/mol. The molecule has 0 aliphatic rings. The Balaban J connectivity index is 3.25. The van der Waals surface area contributed by atoms with Crippen molar-refractivity contribution in [3.05, 3.63) is 27.7 Å². The van der Waals surface area contributed by atoms with Crippen molar-refractivity contribution >= 4 is 28.9 Å². The predicted octanol–water partition coefficient (Wildman–Crippen LogP) is 3.34. The molecule has 11 heavy (non-hydrogen) atoms. The highest BCUT2D eigenvalue weighted by Gasteiger charge is 2.03. The van der Waals surface area contributed by atoms with Gasteiger partial charge in [0.15, 0.2) is 0 Å². The van der Waals surface area contributed by atoms with Crippen LogP contribution in [0.2, 0.25) is 10.0 Å². The summed E-state index contributed by atoms with van der Waals surface area (Å²) in [6, 6.07) is 3.75. The van der Waals surface area contributed by atoms with Gasteiger partial charge in [0.2, 0.25) is 0 Å². The molecule has 0 aliphatic carbocycles. The molecular weight excluding hydrogens is 181 g/mol. The van der Waals surface area contributed by atoms with Gasteiger partial charge in [0.05, 0.1) is 15.7 Å². The van der Waals surface area contributed by atoms with E-state index in [4.69, 9.17) is 23.2 Å². The molecule has 60 valence electrons. The number of benzene rings is 1. The number of anilines is 1. The first-order valence-electron chi connectivity index (χ1n) is 3.28. The SMILES string of the molecule is CNc1c(Cl)cc(C)cc1Cl. The van der Waals surface area contributed by atoms with Gasteiger partial charge in [0.1, 0.15) is 0 Å². The van der Waals surface area contributed by atoms with Crippen molar-refractivity contribution in [2.75, 3.05) is 12.4 Å². The molecule has 1 aromatic carbocycles. The maximum Gasteiger partial charge on any atom is 0.0716 e. The van der Waals surface area contributed by atoms with Gasteiger partial charge in [-0.1, -0.05) is 23.2 Å². The van der Waals surface area contributed by atoms with Crippen molar-refractivity contribution < 1.29 is 0 Å². The van der Waals surface area contributed by atoms with Crippen LogP contribution in [0.3, 0.4) is 0 Å². The van der Waals surface area contributed by atoms with Gasteiger partial charge in [-0.05, 0) is 24.6 Å². The predicted molar refractivity (Wildman–Crippen MR) is 50.7 cm³/mol. The second-order valence-corrected chi connectivity index (χ2v) is 3.17. The van der Waals surface area contributed by atoms with E-state index in [0.29, 0.717) is 10.0 Å². The molecule has 0 saturated carbocycles. The minimum atomic E-state index is 0.664. The smallest absolute Gasteiger partial charge is 0.0716 e. The molecular formula is C8H9Cl2N. The molecule has 0 spiro atoms. The van der Waals surface area contributed by atoms with Crippen molar-refractivity contribution in [1.29, 1.82) is 0 Å². The van der Waals surface area contributed by atoms with Gasteiger partial charge in [-0.15, -0.1) is 0 Å². The molecule has 0 atom stereocenters. The summed E-state index contributed by atoms with van der Waals surface area (Å²) in [5.41, 5.74) is 1.86. The van der Waals surface area contributed by atoms with Crippen LogP contribution in [0.4, 0.5) is 5.69 Å². The number of nitrogens with one attached hydrogen (secondary N) is 1. The summed E-state index contributed by atoms with van der Waals surface area (Å²) in [5, 5.41) is 4.26. The van der Waals surface area contributed by atoms with Gasteiger partial charge < -0.3 is 5.32 Å². The van der Waals surface area contributed by atoms with Gasteiger partial charge >= 0.3 is 0 Å². The maximum absolute atomic E-state index is 5.89. The van der Waals surface area contributed by atoms with Gasteiger partial charge in [0.25, 0.3) is 0 Å². The van der Waals surface area contributed by atoms with Crippen LogP contribution in [-0.2, 0) is 0 Å². The highest BCUT2D eigenvalue weighted by atomic mass is 35.5. The van der Waals surface area contributed by atoms with Crippen LogP contribution in [0, 0.1) is 6.92 Å². The zero-order valence-electron chi connectivity index (χ0n) is 6.41. The molecule has 0 heterocycles. The normalized spacial score (nSPS) is 9.82. The first kappa shape index (κ1) is 8.69. The lowest BCUT2D eigenvalue weighted by Gasteiger charge is -2.06. The van der Waals surface area contributed by atoms with Crippen LogP contribution in [0.25, 0.3) is 0 Å². The van der Waals surface area contributed by atoms with Gasteiger partial charge in [-0.2, -0.15) is 0 Å². The van der Waals surface area contributed by atoms with E-state index in [1.165, 1.54) is 0 Å². The van der Waals surface area contributed by atoms with Crippen LogP contribution in [0.1, 0.15) is 5.56 Å². The van der Waals surface area contributed by atoms with E-state index >= 15 is 0 Å². The van der Waals surface area contributed by atoms with E-state index in [1.807, 2.05) is 19.1 Å². The molecule has 3 heteroatoms. The van der Waals surface area contributed by atoms with Crippen LogP contribution < -0.4 is 5.32 Å². The second kappa shape index (κ2) is 3.33. The van der Waals surface area contributed by atoms with E-state index < -0.39 is 0 Å². The highest BCUT2D eigenvalue weighted by molar-refractivity contribution is 6.39. The first-order chi connectivity index (χ1) is 5.15. The average Bonchev–Trinajstić information content (AvgIpc) is 1.85. The zero-order valence-corrected chi connectivity index (χ0v) is 7.92. The summed E-state index contributed by atoms with van der Waals surface area (Å²) in [4.78, 5) is 0. The molecule has 1 nitrogen and oxygen atoms in total. The summed E-state index contributed by atoms with van der Waals surface area (Å²) >= 11 is 11.8. The third-order valence-electron chi connectivity index (χ3n) is 1.44. The van der Waals surface area contributed by atoms with E-state index in [1.54, 1.807) is 7.05 Å². The van der Waals surface area contributed by atoms with Crippen LogP contribution in [0.15, 0.2) is 12.1 Å². The molecule has 0 bridgehead atoms. The fraction of sp³-hybridized carbons (Fsp3) is 0.250. The Morgan fingerprint density at radius 3 is 2.00 bits per heavy atom. The maximum atomic E-state index is 5.89.